The number of nitrogens with one attached hydrogen (secondary N) is 1. The molecule has 0 atom stereocenters. The molecule has 3 rings (SSSR count). The number of carbonyl (C=O) groups is 1. The highest BCUT2D eigenvalue weighted by atomic mass is 16.1. The summed E-state index contributed by atoms with van der Waals surface area (Å²) < 4.78 is 0. The van der Waals surface area contributed by atoms with E-state index in [2.05, 4.69) is 21.8 Å². The predicted octanol–water partition coefficient (Wildman–Crippen LogP) is 1.14. The normalized spacial score (nSPS) is 16.1. The second-order valence-corrected chi connectivity index (χ2v) is 7.28. The van der Waals surface area contributed by atoms with E-state index in [1.807, 2.05) is 0 Å². The average Bonchev–Trinajstić information content (AvgIpc) is 2.68. The van der Waals surface area contributed by atoms with Crippen molar-refractivity contribution in [1.29, 1.82) is 5.41 Å². The monoisotopic (exact) mass is 367 g/mol. The Kier molecular flexibility index (Phi) is 5.09. The molecule has 27 heavy (non-hydrogen) atoms. The highest BCUT2D eigenvalue weighted by Crippen LogP contribution is 2.31. The van der Waals surface area contributed by atoms with Gasteiger partial charge in [0.25, 0.3) is 0 Å². The van der Waals surface area contributed by atoms with E-state index < -0.39 is 5.91 Å². The Morgan fingerprint density at radius 3 is 2.56 bits per heavy atom. The van der Waals surface area contributed by atoms with Gasteiger partial charge >= 0.3 is 0 Å². The molecule has 0 saturated carbocycles. The maximum Gasteiger partial charge on any atom is 0.248 e. The van der Waals surface area contributed by atoms with Gasteiger partial charge in [0, 0.05) is 24.2 Å². The minimum atomic E-state index is -0.548. The first-order chi connectivity index (χ1) is 12.8. The highest BCUT2D eigenvalue weighted by Gasteiger charge is 2.29. The Morgan fingerprint density at radius 1 is 1.30 bits per heavy atom. The lowest BCUT2D eigenvalue weighted by atomic mass is 9.80. The minimum Gasteiger partial charge on any atom is -0.382 e. The number of piperidine rings is 1. The molecular weight excluding hydrogens is 342 g/mol. The number of amides is 1. The smallest absolute Gasteiger partial charge is 0.248 e. The van der Waals surface area contributed by atoms with E-state index >= 15 is 0 Å². The Labute approximate surface area is 158 Å². The molecule has 0 aliphatic carbocycles. The lowest BCUT2D eigenvalue weighted by Gasteiger charge is -2.39. The molecule has 1 saturated heterocycles. The SMILES string of the molecule is CC1(CN)CCN(c2cnc(C(=N)c3cccc(C(N)=O)c3)c(N)n2)CC1. The van der Waals surface area contributed by atoms with Crippen LogP contribution in [0.25, 0.3) is 0 Å². The molecule has 1 aromatic carbocycles. The van der Waals surface area contributed by atoms with E-state index in [1.54, 1.807) is 30.5 Å². The first kappa shape index (κ1) is 18.8. The van der Waals surface area contributed by atoms with Crippen LogP contribution in [-0.2, 0) is 0 Å². The van der Waals surface area contributed by atoms with Crippen LogP contribution in [0.2, 0.25) is 0 Å². The van der Waals surface area contributed by atoms with Gasteiger partial charge in [0.2, 0.25) is 5.91 Å². The van der Waals surface area contributed by atoms with Crippen molar-refractivity contribution in [3.63, 3.8) is 0 Å². The summed E-state index contributed by atoms with van der Waals surface area (Å²) in [7, 11) is 0. The molecule has 0 unspecified atom stereocenters. The van der Waals surface area contributed by atoms with E-state index in [4.69, 9.17) is 22.6 Å². The number of nitrogens with two attached hydrogens (primary N) is 3. The molecule has 8 nitrogen and oxygen atoms in total. The van der Waals surface area contributed by atoms with Gasteiger partial charge in [-0.25, -0.2) is 9.97 Å². The number of rotatable bonds is 5. The van der Waals surface area contributed by atoms with Crippen molar-refractivity contribution >= 4 is 23.3 Å². The molecule has 142 valence electrons. The Bertz CT molecular complexity index is 872. The van der Waals surface area contributed by atoms with Crippen LogP contribution < -0.4 is 22.1 Å². The molecule has 8 heteroatoms. The van der Waals surface area contributed by atoms with Gasteiger partial charge in [-0.2, -0.15) is 0 Å². The highest BCUT2D eigenvalue weighted by molar-refractivity contribution is 6.13. The third kappa shape index (κ3) is 3.90. The zero-order chi connectivity index (χ0) is 19.6. The van der Waals surface area contributed by atoms with Crippen LogP contribution in [0, 0.1) is 10.8 Å². The van der Waals surface area contributed by atoms with Gasteiger partial charge in [0.15, 0.2) is 5.82 Å². The van der Waals surface area contributed by atoms with Gasteiger partial charge < -0.3 is 22.1 Å². The molecule has 1 aromatic heterocycles. The van der Waals surface area contributed by atoms with Gasteiger partial charge in [-0.15, -0.1) is 0 Å². The van der Waals surface area contributed by atoms with Crippen LogP contribution in [0.5, 0.6) is 0 Å². The zero-order valence-corrected chi connectivity index (χ0v) is 15.4. The van der Waals surface area contributed by atoms with E-state index in [1.165, 1.54) is 0 Å². The molecule has 7 N–H and O–H groups in total. The third-order valence-corrected chi connectivity index (χ3v) is 5.25. The van der Waals surface area contributed by atoms with Crippen molar-refractivity contribution in [3.8, 4) is 0 Å². The third-order valence-electron chi connectivity index (χ3n) is 5.25. The van der Waals surface area contributed by atoms with Crippen LogP contribution in [0.3, 0.4) is 0 Å². The second-order valence-electron chi connectivity index (χ2n) is 7.28. The van der Waals surface area contributed by atoms with Crippen molar-refractivity contribution in [1.82, 2.24) is 9.97 Å². The minimum absolute atomic E-state index is 0.101. The van der Waals surface area contributed by atoms with Gasteiger partial charge in [0.05, 0.1) is 11.9 Å². The van der Waals surface area contributed by atoms with Crippen LogP contribution >= 0.6 is 0 Å². The molecule has 1 fully saturated rings. The predicted molar refractivity (Wildman–Crippen MR) is 106 cm³/mol. The fourth-order valence-electron chi connectivity index (χ4n) is 3.18. The fourth-order valence-corrected chi connectivity index (χ4v) is 3.18. The Hall–Kier alpha value is -3.00. The molecule has 0 radical (unpaired) electrons. The standard InChI is InChI=1S/C19H25N7O/c1-19(11-20)5-7-26(8-6-19)14-10-24-16(17(22)25-14)15(21)12-3-2-4-13(9-12)18(23)27/h2-4,9-10,21H,5-8,11,20H2,1H3,(H2,22,25)(H2,23,27). The van der Waals surface area contributed by atoms with Crippen molar-refractivity contribution in [2.24, 2.45) is 16.9 Å². The van der Waals surface area contributed by atoms with Crippen LogP contribution in [0.1, 0.15) is 41.4 Å². The van der Waals surface area contributed by atoms with E-state index in [-0.39, 0.29) is 22.6 Å². The average molecular weight is 367 g/mol. The number of primary amides is 1. The molecular formula is C19H25N7O. The topological polar surface area (TPSA) is 148 Å². The molecule has 0 spiro atoms. The number of carbonyl (C=O) groups excluding carboxylic acids is 1. The number of hydrogen-bond acceptors (Lipinski definition) is 7. The van der Waals surface area contributed by atoms with Crippen molar-refractivity contribution in [3.05, 3.63) is 47.3 Å². The summed E-state index contributed by atoms with van der Waals surface area (Å²) in [6.45, 7) is 4.57. The zero-order valence-electron chi connectivity index (χ0n) is 15.4. The molecule has 1 aliphatic heterocycles. The van der Waals surface area contributed by atoms with Crippen LogP contribution in [0.4, 0.5) is 11.6 Å². The lowest BCUT2D eigenvalue weighted by molar-refractivity contribution is 0.100. The number of benzene rings is 1. The van der Waals surface area contributed by atoms with Crippen molar-refractivity contribution < 1.29 is 4.79 Å². The molecule has 1 amide bonds. The van der Waals surface area contributed by atoms with E-state index in [0.717, 1.165) is 25.9 Å². The van der Waals surface area contributed by atoms with E-state index in [9.17, 15) is 4.79 Å². The van der Waals surface area contributed by atoms with Gasteiger partial charge in [-0.05, 0) is 36.9 Å². The molecule has 0 bridgehead atoms. The number of nitrogens with zero attached hydrogens (tertiary/aromatic N) is 3. The molecule has 2 heterocycles. The van der Waals surface area contributed by atoms with Gasteiger partial charge in [-0.3, -0.25) is 10.2 Å². The summed E-state index contributed by atoms with van der Waals surface area (Å²) in [6, 6.07) is 6.53. The van der Waals surface area contributed by atoms with Crippen molar-refractivity contribution in [2.75, 3.05) is 30.3 Å². The summed E-state index contributed by atoms with van der Waals surface area (Å²) in [5, 5.41) is 8.38. The first-order valence-corrected chi connectivity index (χ1v) is 8.90. The Balaban J connectivity index is 1.80. The maximum atomic E-state index is 11.4. The Morgan fingerprint density at radius 2 is 1.96 bits per heavy atom. The fraction of sp³-hybridized carbons (Fsp3) is 0.368. The number of aromatic nitrogens is 2. The first-order valence-electron chi connectivity index (χ1n) is 8.90. The number of nitrogen functional groups attached to an aromatic ring is 1. The quantitative estimate of drug-likeness (QED) is 0.582. The second kappa shape index (κ2) is 7.32. The summed E-state index contributed by atoms with van der Waals surface area (Å²) in [6.07, 6.45) is 3.62. The van der Waals surface area contributed by atoms with E-state index in [0.29, 0.717) is 23.5 Å². The van der Waals surface area contributed by atoms with Crippen molar-refractivity contribution in [2.45, 2.75) is 19.8 Å². The van der Waals surface area contributed by atoms with Gasteiger partial charge in [-0.1, -0.05) is 19.1 Å². The largest absolute Gasteiger partial charge is 0.382 e. The lowest BCUT2D eigenvalue weighted by Crippen LogP contribution is -2.42. The van der Waals surface area contributed by atoms with Gasteiger partial charge in [0.1, 0.15) is 11.5 Å². The summed E-state index contributed by atoms with van der Waals surface area (Å²) in [4.78, 5) is 22.3. The number of hydrogen-bond donors (Lipinski definition) is 4. The maximum absolute atomic E-state index is 11.4. The summed E-state index contributed by atoms with van der Waals surface area (Å²) >= 11 is 0. The summed E-state index contributed by atoms with van der Waals surface area (Å²) in [5.41, 5.74) is 18.7. The number of anilines is 2. The van der Waals surface area contributed by atoms with Crippen LogP contribution in [-0.4, -0.2) is 41.2 Å². The molecule has 1 aliphatic rings. The summed E-state index contributed by atoms with van der Waals surface area (Å²) in [5.74, 6) is 0.344. The molecule has 2 aromatic rings. The van der Waals surface area contributed by atoms with Crippen LogP contribution in [0.15, 0.2) is 30.5 Å².